The Morgan fingerprint density at radius 3 is 2.80 bits per heavy atom. The monoisotopic (exact) mass is 286 g/mol. The van der Waals surface area contributed by atoms with Crippen LogP contribution >= 0.6 is 11.3 Å². The fraction of sp³-hybridized carbons (Fsp3) is 0.471. The number of rotatable bonds is 4. The molecule has 2 nitrogen and oxygen atoms in total. The smallest absolute Gasteiger partial charge is 0.0982 e. The number of nitrogens with zero attached hydrogens (tertiary/aromatic N) is 1. The van der Waals surface area contributed by atoms with Crippen molar-refractivity contribution in [2.45, 2.75) is 45.1 Å². The minimum atomic E-state index is 0.163. The summed E-state index contributed by atoms with van der Waals surface area (Å²) in [5.74, 6) is 0.687. The molecule has 1 aliphatic rings. The molecule has 1 aromatic heterocycles. The van der Waals surface area contributed by atoms with Crippen molar-refractivity contribution < 1.29 is 0 Å². The van der Waals surface area contributed by atoms with E-state index in [0.29, 0.717) is 5.92 Å². The predicted molar refractivity (Wildman–Crippen MR) is 85.4 cm³/mol. The molecule has 0 aliphatic heterocycles. The second kappa shape index (κ2) is 5.30. The molecule has 0 fully saturated rings. The average molecular weight is 286 g/mol. The molecule has 20 heavy (non-hydrogen) atoms. The summed E-state index contributed by atoms with van der Waals surface area (Å²) >= 11 is 1.77. The Bertz CT molecular complexity index is 595. The molecule has 0 bridgehead atoms. The van der Waals surface area contributed by atoms with Gasteiger partial charge in [-0.25, -0.2) is 4.98 Å². The Hall–Kier alpha value is -1.19. The molecule has 0 radical (unpaired) electrons. The van der Waals surface area contributed by atoms with Crippen molar-refractivity contribution in [3.8, 4) is 0 Å². The van der Waals surface area contributed by atoms with Crippen LogP contribution in [-0.4, -0.2) is 11.5 Å². The van der Waals surface area contributed by atoms with Gasteiger partial charge >= 0.3 is 0 Å². The molecule has 3 heteroatoms. The molecular weight excluding hydrogens is 264 g/mol. The third-order valence-electron chi connectivity index (χ3n) is 3.85. The van der Waals surface area contributed by atoms with E-state index < -0.39 is 0 Å². The number of thiazole rings is 1. The van der Waals surface area contributed by atoms with Gasteiger partial charge in [-0.3, -0.25) is 0 Å². The lowest BCUT2D eigenvalue weighted by Crippen LogP contribution is -2.28. The highest BCUT2D eigenvalue weighted by molar-refractivity contribution is 7.09. The van der Waals surface area contributed by atoms with Crippen LogP contribution < -0.4 is 5.32 Å². The molecule has 0 amide bonds. The summed E-state index contributed by atoms with van der Waals surface area (Å²) < 4.78 is 0. The number of hydrogen-bond acceptors (Lipinski definition) is 3. The van der Waals surface area contributed by atoms with Crippen molar-refractivity contribution in [2.24, 2.45) is 0 Å². The summed E-state index contributed by atoms with van der Waals surface area (Å²) in [7, 11) is 0. The first-order valence-electron chi connectivity index (χ1n) is 7.27. The fourth-order valence-corrected chi connectivity index (χ4v) is 3.56. The molecule has 0 spiro atoms. The molecule has 0 saturated carbocycles. The van der Waals surface area contributed by atoms with Gasteiger partial charge in [0.15, 0.2) is 0 Å². The first-order chi connectivity index (χ1) is 9.54. The Balaban J connectivity index is 1.51. The van der Waals surface area contributed by atoms with E-state index in [1.807, 2.05) is 0 Å². The maximum Gasteiger partial charge on any atom is 0.0982 e. The molecule has 0 saturated heterocycles. The van der Waals surface area contributed by atoms with Gasteiger partial charge in [0.1, 0.15) is 0 Å². The van der Waals surface area contributed by atoms with Gasteiger partial charge in [0, 0.05) is 29.8 Å². The summed E-state index contributed by atoms with van der Waals surface area (Å²) in [5, 5.41) is 6.96. The van der Waals surface area contributed by atoms with Gasteiger partial charge in [-0.15, -0.1) is 11.3 Å². The molecule has 1 unspecified atom stereocenters. The van der Waals surface area contributed by atoms with Crippen molar-refractivity contribution in [1.82, 2.24) is 10.3 Å². The molecule has 1 atom stereocenters. The van der Waals surface area contributed by atoms with Crippen LogP contribution in [0.4, 0.5) is 0 Å². The Kier molecular flexibility index (Phi) is 3.65. The minimum absolute atomic E-state index is 0.163. The normalized spacial score (nSPS) is 17.6. The van der Waals surface area contributed by atoms with E-state index in [4.69, 9.17) is 4.98 Å². The van der Waals surface area contributed by atoms with Crippen LogP contribution in [0.25, 0.3) is 0 Å². The van der Waals surface area contributed by atoms with Crippen LogP contribution in [0.2, 0.25) is 0 Å². The lowest BCUT2D eigenvalue weighted by atomic mass is 9.77. The number of aromatic nitrogens is 1. The first-order valence-corrected chi connectivity index (χ1v) is 8.15. The van der Waals surface area contributed by atoms with Crippen LogP contribution in [-0.2, 0) is 18.4 Å². The Morgan fingerprint density at radius 2 is 2.10 bits per heavy atom. The van der Waals surface area contributed by atoms with Crippen LogP contribution in [0.5, 0.6) is 0 Å². The van der Waals surface area contributed by atoms with Gasteiger partial charge in [0.2, 0.25) is 0 Å². The van der Waals surface area contributed by atoms with Gasteiger partial charge < -0.3 is 5.32 Å². The second-order valence-corrected chi connectivity index (χ2v) is 7.48. The fourth-order valence-electron chi connectivity index (χ4n) is 2.65. The van der Waals surface area contributed by atoms with Gasteiger partial charge in [-0.2, -0.15) is 0 Å². The molecule has 106 valence electrons. The topological polar surface area (TPSA) is 24.9 Å². The van der Waals surface area contributed by atoms with Crippen molar-refractivity contribution in [1.29, 1.82) is 0 Å². The highest BCUT2D eigenvalue weighted by Crippen LogP contribution is 2.34. The quantitative estimate of drug-likeness (QED) is 0.923. The van der Waals surface area contributed by atoms with Crippen LogP contribution in [0.15, 0.2) is 29.6 Å². The highest BCUT2D eigenvalue weighted by atomic mass is 32.1. The second-order valence-electron chi connectivity index (χ2n) is 6.62. The standard InChI is InChI=1S/C17H22N2S/c1-17(2,3)16-19-14(11-20-16)10-18-9-13-8-12-6-4-5-7-15(12)13/h4-7,11,13,18H,8-10H2,1-3H3. The molecule has 2 aromatic rings. The Labute approximate surface area is 125 Å². The highest BCUT2D eigenvalue weighted by Gasteiger charge is 2.24. The van der Waals surface area contributed by atoms with Crippen molar-refractivity contribution in [3.63, 3.8) is 0 Å². The van der Waals surface area contributed by atoms with Crippen molar-refractivity contribution in [2.75, 3.05) is 6.54 Å². The molecule has 1 aliphatic carbocycles. The molecule has 1 N–H and O–H groups in total. The maximum atomic E-state index is 4.72. The number of fused-ring (bicyclic) bond motifs is 1. The summed E-state index contributed by atoms with van der Waals surface area (Å²) in [5.41, 5.74) is 4.37. The zero-order valence-electron chi connectivity index (χ0n) is 12.4. The lowest BCUT2D eigenvalue weighted by Gasteiger charge is -2.30. The average Bonchev–Trinajstić information content (AvgIpc) is 2.83. The van der Waals surface area contributed by atoms with E-state index in [-0.39, 0.29) is 5.41 Å². The van der Waals surface area contributed by atoms with E-state index in [1.54, 1.807) is 11.3 Å². The summed E-state index contributed by atoms with van der Waals surface area (Å²) in [6.07, 6.45) is 1.22. The van der Waals surface area contributed by atoms with Gasteiger partial charge in [-0.1, -0.05) is 45.0 Å². The zero-order chi connectivity index (χ0) is 14.2. The van der Waals surface area contributed by atoms with Gasteiger partial charge in [0.05, 0.1) is 10.7 Å². The number of hydrogen-bond donors (Lipinski definition) is 1. The first kappa shape index (κ1) is 13.8. The van der Waals surface area contributed by atoms with E-state index in [9.17, 15) is 0 Å². The van der Waals surface area contributed by atoms with E-state index in [1.165, 1.54) is 28.2 Å². The third kappa shape index (κ3) is 2.79. The minimum Gasteiger partial charge on any atom is -0.311 e. The SMILES string of the molecule is CC(C)(C)c1nc(CNCC2Cc3ccccc32)cs1. The predicted octanol–water partition coefficient (Wildman–Crippen LogP) is 3.87. The largest absolute Gasteiger partial charge is 0.311 e. The summed E-state index contributed by atoms with van der Waals surface area (Å²) in [6.45, 7) is 8.58. The number of benzene rings is 1. The van der Waals surface area contributed by atoms with Crippen LogP contribution in [0.3, 0.4) is 0 Å². The zero-order valence-corrected chi connectivity index (χ0v) is 13.3. The lowest BCUT2D eigenvalue weighted by molar-refractivity contribution is 0.530. The number of nitrogens with one attached hydrogen (secondary N) is 1. The van der Waals surface area contributed by atoms with Crippen LogP contribution in [0, 0.1) is 0 Å². The van der Waals surface area contributed by atoms with E-state index >= 15 is 0 Å². The third-order valence-corrected chi connectivity index (χ3v) is 5.17. The molecule has 3 rings (SSSR count). The maximum absolute atomic E-state index is 4.72. The van der Waals surface area contributed by atoms with Crippen LogP contribution in [0.1, 0.15) is 48.5 Å². The molecule has 1 heterocycles. The molecule has 1 aromatic carbocycles. The van der Waals surface area contributed by atoms with E-state index in [0.717, 1.165) is 13.1 Å². The van der Waals surface area contributed by atoms with E-state index in [2.05, 4.69) is 55.7 Å². The van der Waals surface area contributed by atoms with Gasteiger partial charge in [-0.05, 0) is 17.5 Å². The Morgan fingerprint density at radius 1 is 1.30 bits per heavy atom. The molecular formula is C17H22N2S. The van der Waals surface area contributed by atoms with Crippen molar-refractivity contribution in [3.05, 3.63) is 51.5 Å². The summed E-state index contributed by atoms with van der Waals surface area (Å²) in [4.78, 5) is 4.72. The van der Waals surface area contributed by atoms with Gasteiger partial charge in [0.25, 0.3) is 0 Å². The summed E-state index contributed by atoms with van der Waals surface area (Å²) in [6, 6.07) is 8.76. The van der Waals surface area contributed by atoms with Crippen molar-refractivity contribution >= 4 is 11.3 Å².